The number of anilines is 1. The number of nitrogens with two attached hydrogens (primary N) is 1. The molecule has 4 heteroatoms. The summed E-state index contributed by atoms with van der Waals surface area (Å²) in [5.41, 5.74) is 6.94. The number of carbonyl (C=O) groups is 1. The molecule has 0 radical (unpaired) electrons. The van der Waals surface area contributed by atoms with Crippen LogP contribution in [0.4, 0.5) is 5.82 Å². The maximum absolute atomic E-state index is 11.5. The van der Waals surface area contributed by atoms with Crippen LogP contribution in [0.25, 0.3) is 0 Å². The highest BCUT2D eigenvalue weighted by Crippen LogP contribution is 2.52. The van der Waals surface area contributed by atoms with Crippen LogP contribution in [0.15, 0.2) is 18.3 Å². The largest absolute Gasteiger partial charge is 0.320 e. The summed E-state index contributed by atoms with van der Waals surface area (Å²) in [5, 5.41) is 2.76. The minimum atomic E-state index is -0.366. The van der Waals surface area contributed by atoms with Gasteiger partial charge in [0, 0.05) is 6.20 Å². The highest BCUT2D eigenvalue weighted by atomic mass is 16.2. The Balaban J connectivity index is 2.09. The molecule has 3 unspecified atom stereocenters. The van der Waals surface area contributed by atoms with Gasteiger partial charge in [-0.2, -0.15) is 0 Å². The summed E-state index contributed by atoms with van der Waals surface area (Å²) in [7, 11) is 0. The van der Waals surface area contributed by atoms with Gasteiger partial charge in [0.25, 0.3) is 0 Å². The lowest BCUT2D eigenvalue weighted by atomic mass is 10.1. The van der Waals surface area contributed by atoms with Crippen LogP contribution < -0.4 is 11.1 Å². The molecule has 1 saturated carbocycles. The molecule has 14 heavy (non-hydrogen) atoms. The third-order valence-electron chi connectivity index (χ3n) is 3.08. The fourth-order valence-electron chi connectivity index (χ4n) is 2.18. The molecule has 4 nitrogen and oxygen atoms in total. The highest BCUT2D eigenvalue weighted by molar-refractivity contribution is 5.96. The van der Waals surface area contributed by atoms with E-state index >= 15 is 0 Å². The molecular weight excluding hydrogens is 178 g/mol. The fourth-order valence-corrected chi connectivity index (χ4v) is 2.18. The van der Waals surface area contributed by atoms with E-state index in [0.29, 0.717) is 17.7 Å². The molecule has 0 saturated heterocycles. The fraction of sp³-hybridized carbons (Fsp3) is 0.400. The smallest absolute Gasteiger partial charge is 0.242 e. The van der Waals surface area contributed by atoms with Gasteiger partial charge in [-0.15, -0.1) is 0 Å². The van der Waals surface area contributed by atoms with Crippen molar-refractivity contribution < 1.29 is 4.79 Å². The van der Waals surface area contributed by atoms with Gasteiger partial charge in [0.15, 0.2) is 0 Å². The van der Waals surface area contributed by atoms with Gasteiger partial charge in [0.1, 0.15) is 5.82 Å². The second-order valence-electron chi connectivity index (χ2n) is 3.96. The van der Waals surface area contributed by atoms with E-state index < -0.39 is 0 Å². The first-order valence-electron chi connectivity index (χ1n) is 4.79. The van der Waals surface area contributed by atoms with Crippen LogP contribution in [0, 0.1) is 5.92 Å². The van der Waals surface area contributed by atoms with Crippen molar-refractivity contribution in [1.29, 1.82) is 0 Å². The van der Waals surface area contributed by atoms with Crippen molar-refractivity contribution in [2.75, 3.05) is 5.32 Å². The van der Waals surface area contributed by atoms with Crippen LogP contribution in [0.3, 0.4) is 0 Å². The zero-order valence-electron chi connectivity index (χ0n) is 7.60. The van der Waals surface area contributed by atoms with E-state index in [-0.39, 0.29) is 11.9 Å². The monoisotopic (exact) mass is 189 g/mol. The number of amides is 1. The minimum Gasteiger partial charge on any atom is -0.320 e. The first-order valence-corrected chi connectivity index (χ1v) is 4.79. The average molecular weight is 189 g/mol. The lowest BCUT2D eigenvalue weighted by Gasteiger charge is -2.08. The van der Waals surface area contributed by atoms with Gasteiger partial charge < -0.3 is 11.1 Å². The van der Waals surface area contributed by atoms with E-state index in [1.54, 1.807) is 6.20 Å². The Kier molecular flexibility index (Phi) is 1.44. The number of nitrogens with one attached hydrogen (secondary N) is 1. The Morgan fingerprint density at radius 2 is 2.43 bits per heavy atom. The molecule has 1 aromatic rings. The third kappa shape index (κ3) is 0.974. The van der Waals surface area contributed by atoms with Crippen molar-refractivity contribution in [3.05, 3.63) is 23.9 Å². The topological polar surface area (TPSA) is 68.0 Å². The van der Waals surface area contributed by atoms with E-state index in [9.17, 15) is 4.79 Å². The van der Waals surface area contributed by atoms with Crippen molar-refractivity contribution in [2.45, 2.75) is 18.4 Å². The third-order valence-corrected chi connectivity index (χ3v) is 3.08. The molecule has 3 rings (SSSR count). The molecule has 0 aromatic carbocycles. The average Bonchev–Trinajstić information content (AvgIpc) is 2.96. The summed E-state index contributed by atoms with van der Waals surface area (Å²) >= 11 is 0. The highest BCUT2D eigenvalue weighted by Gasteiger charge is 2.48. The number of pyridine rings is 1. The van der Waals surface area contributed by atoms with Crippen LogP contribution in [-0.2, 0) is 4.79 Å². The lowest BCUT2D eigenvalue weighted by Crippen LogP contribution is -2.36. The second-order valence-corrected chi connectivity index (χ2v) is 3.96. The normalized spacial score (nSPS) is 33.8. The van der Waals surface area contributed by atoms with Gasteiger partial charge in [-0.05, 0) is 29.9 Å². The molecule has 1 aromatic heterocycles. The predicted molar refractivity (Wildman–Crippen MR) is 51.7 cm³/mol. The minimum absolute atomic E-state index is 0.102. The first kappa shape index (κ1) is 7.94. The molecule has 0 bridgehead atoms. The maximum Gasteiger partial charge on any atom is 0.242 e. The van der Waals surface area contributed by atoms with Crippen molar-refractivity contribution in [1.82, 2.24) is 4.98 Å². The van der Waals surface area contributed by atoms with Gasteiger partial charge in [0.05, 0.1) is 6.04 Å². The van der Waals surface area contributed by atoms with E-state index in [2.05, 4.69) is 10.3 Å². The standard InChI is InChI=1S/C10H11N3O/c11-8-7-4-6(7)5-2-1-3-12-9(5)13-10(8)14/h1-3,6-8H,4,11H2,(H,12,13,14). The zero-order valence-corrected chi connectivity index (χ0v) is 7.60. The number of hydrogen-bond acceptors (Lipinski definition) is 3. The molecule has 1 aliphatic heterocycles. The summed E-state index contributed by atoms with van der Waals surface area (Å²) in [6, 6.07) is 3.55. The van der Waals surface area contributed by atoms with E-state index in [1.165, 1.54) is 0 Å². The Bertz CT molecular complexity index is 404. The Labute approximate surface area is 81.5 Å². The summed E-state index contributed by atoms with van der Waals surface area (Å²) in [5.74, 6) is 1.35. The Hall–Kier alpha value is -1.42. The van der Waals surface area contributed by atoms with E-state index in [0.717, 1.165) is 12.0 Å². The van der Waals surface area contributed by atoms with Crippen molar-refractivity contribution >= 4 is 11.7 Å². The molecule has 1 fully saturated rings. The van der Waals surface area contributed by atoms with Gasteiger partial charge in [-0.25, -0.2) is 4.98 Å². The molecule has 2 heterocycles. The Morgan fingerprint density at radius 1 is 1.57 bits per heavy atom. The van der Waals surface area contributed by atoms with Gasteiger partial charge in [0.2, 0.25) is 5.91 Å². The van der Waals surface area contributed by atoms with Crippen LogP contribution in [-0.4, -0.2) is 16.9 Å². The number of nitrogens with zero attached hydrogens (tertiary/aromatic N) is 1. The predicted octanol–water partition coefficient (Wildman–Crippen LogP) is 0.464. The van der Waals surface area contributed by atoms with Crippen molar-refractivity contribution in [3.8, 4) is 0 Å². The molecule has 2 aliphatic rings. The first-order chi connectivity index (χ1) is 6.77. The molecule has 1 aliphatic carbocycles. The van der Waals surface area contributed by atoms with E-state index in [1.807, 2.05) is 12.1 Å². The van der Waals surface area contributed by atoms with Crippen molar-refractivity contribution in [2.24, 2.45) is 11.7 Å². The summed E-state index contributed by atoms with van der Waals surface area (Å²) in [4.78, 5) is 15.7. The quantitative estimate of drug-likeness (QED) is 0.623. The summed E-state index contributed by atoms with van der Waals surface area (Å²) in [6.45, 7) is 0. The van der Waals surface area contributed by atoms with E-state index in [4.69, 9.17) is 5.73 Å². The number of carbonyl (C=O) groups excluding carboxylic acids is 1. The summed E-state index contributed by atoms with van der Waals surface area (Å²) < 4.78 is 0. The van der Waals surface area contributed by atoms with Crippen LogP contribution in [0.2, 0.25) is 0 Å². The molecule has 0 spiro atoms. The maximum atomic E-state index is 11.5. The van der Waals surface area contributed by atoms with Crippen LogP contribution in [0.1, 0.15) is 17.9 Å². The van der Waals surface area contributed by atoms with Crippen LogP contribution >= 0.6 is 0 Å². The van der Waals surface area contributed by atoms with Gasteiger partial charge in [-0.3, -0.25) is 4.79 Å². The van der Waals surface area contributed by atoms with Crippen LogP contribution in [0.5, 0.6) is 0 Å². The molecule has 72 valence electrons. The van der Waals surface area contributed by atoms with Gasteiger partial charge >= 0.3 is 0 Å². The number of aromatic nitrogens is 1. The lowest BCUT2D eigenvalue weighted by molar-refractivity contribution is -0.117. The molecule has 1 amide bonds. The zero-order chi connectivity index (χ0) is 9.71. The van der Waals surface area contributed by atoms with Gasteiger partial charge in [-0.1, -0.05) is 6.07 Å². The van der Waals surface area contributed by atoms with Crippen molar-refractivity contribution in [3.63, 3.8) is 0 Å². The number of hydrogen-bond donors (Lipinski definition) is 2. The number of rotatable bonds is 0. The molecular formula is C10H11N3O. The Morgan fingerprint density at radius 3 is 3.29 bits per heavy atom. The molecule has 3 N–H and O–H groups in total. The SMILES string of the molecule is NC1C(=O)Nc2ncccc2C2CC12. The second kappa shape index (κ2) is 2.54. The molecule has 3 atom stereocenters. The number of fused-ring (bicyclic) bond motifs is 3. The summed E-state index contributed by atoms with van der Waals surface area (Å²) in [6.07, 6.45) is 2.71.